The molecule has 0 atom stereocenters. The first-order valence-corrected chi connectivity index (χ1v) is 11.8. The van der Waals surface area contributed by atoms with Crippen LogP contribution in [0.5, 0.6) is 11.5 Å². The average Bonchev–Trinajstić information content (AvgIpc) is 3.41. The molecule has 0 spiro atoms. The molecular formula is C20H21BrN6O4S. The normalized spacial score (nSPS) is 16.1. The van der Waals surface area contributed by atoms with Crippen LogP contribution in [0.15, 0.2) is 33.0 Å². The number of hydrogen-bond acceptors (Lipinski definition) is 7. The summed E-state index contributed by atoms with van der Waals surface area (Å²) in [6.07, 6.45) is 3.45. The number of aromatic amines is 1. The first-order valence-electron chi connectivity index (χ1n) is 10.2. The van der Waals surface area contributed by atoms with Gasteiger partial charge in [0, 0.05) is 29.0 Å². The molecule has 2 aliphatic heterocycles. The molecule has 0 aliphatic carbocycles. The molecule has 3 N–H and O–H groups in total. The summed E-state index contributed by atoms with van der Waals surface area (Å²) in [6, 6.07) is 3.78. The fourth-order valence-corrected chi connectivity index (χ4v) is 5.37. The monoisotopic (exact) mass is 520 g/mol. The molecule has 0 bridgehead atoms. The molecule has 0 radical (unpaired) electrons. The van der Waals surface area contributed by atoms with Gasteiger partial charge in [-0.3, -0.25) is 5.41 Å². The summed E-state index contributed by atoms with van der Waals surface area (Å²) in [5.74, 6) is 1.86. The van der Waals surface area contributed by atoms with E-state index in [4.69, 9.17) is 25.0 Å². The number of H-pyrrole nitrogens is 1. The van der Waals surface area contributed by atoms with Gasteiger partial charge in [-0.1, -0.05) is 11.8 Å². The van der Waals surface area contributed by atoms with E-state index >= 15 is 0 Å². The highest BCUT2D eigenvalue weighted by Crippen LogP contribution is 2.42. The van der Waals surface area contributed by atoms with Crippen LogP contribution in [0.1, 0.15) is 19.3 Å². The molecule has 168 valence electrons. The smallest absolute Gasteiger partial charge is 0.407 e. The van der Waals surface area contributed by atoms with Gasteiger partial charge in [0.2, 0.25) is 6.79 Å². The fourth-order valence-electron chi connectivity index (χ4n) is 3.99. The van der Waals surface area contributed by atoms with Gasteiger partial charge >= 0.3 is 6.09 Å². The third-order valence-corrected chi connectivity index (χ3v) is 7.66. The first kappa shape index (κ1) is 21.1. The number of ether oxygens (including phenoxy) is 2. The topological polar surface area (TPSA) is 129 Å². The summed E-state index contributed by atoms with van der Waals surface area (Å²) in [7, 11) is 0. The van der Waals surface area contributed by atoms with E-state index in [1.54, 1.807) is 6.33 Å². The molecule has 32 heavy (non-hydrogen) atoms. The minimum absolute atomic E-state index is 0.148. The Balaban J connectivity index is 1.33. The molecule has 12 heteroatoms. The van der Waals surface area contributed by atoms with Gasteiger partial charge in [-0.25, -0.2) is 14.8 Å². The SMILES string of the molecule is N=c1ncn(CCC2CCN(C(=O)O)CC2)c2nc(Sc3cc4c(cc3Br)OCO4)[nH]c12. The van der Waals surface area contributed by atoms with E-state index in [2.05, 4.69) is 25.9 Å². The van der Waals surface area contributed by atoms with Gasteiger partial charge in [0.1, 0.15) is 5.52 Å². The summed E-state index contributed by atoms with van der Waals surface area (Å²) < 4.78 is 13.7. The lowest BCUT2D eigenvalue weighted by molar-refractivity contribution is 0.122. The van der Waals surface area contributed by atoms with Gasteiger partial charge in [0.15, 0.2) is 27.8 Å². The highest BCUT2D eigenvalue weighted by atomic mass is 79.9. The molecule has 10 nitrogen and oxygen atoms in total. The fraction of sp³-hybridized carbons (Fsp3) is 0.400. The summed E-state index contributed by atoms with van der Waals surface area (Å²) >= 11 is 5.01. The summed E-state index contributed by atoms with van der Waals surface area (Å²) in [4.78, 5) is 25.7. The predicted molar refractivity (Wildman–Crippen MR) is 119 cm³/mol. The van der Waals surface area contributed by atoms with E-state index in [9.17, 15) is 4.79 Å². The van der Waals surface area contributed by atoms with Crippen LogP contribution in [0.25, 0.3) is 11.2 Å². The Hall–Kier alpha value is -2.73. The average molecular weight is 521 g/mol. The van der Waals surface area contributed by atoms with Gasteiger partial charge in [0.25, 0.3) is 0 Å². The molecule has 2 aliphatic rings. The molecule has 1 aromatic carbocycles. The molecule has 1 fully saturated rings. The minimum atomic E-state index is -0.842. The second kappa shape index (κ2) is 8.66. The van der Waals surface area contributed by atoms with Crippen molar-refractivity contribution in [2.45, 2.75) is 35.9 Å². The van der Waals surface area contributed by atoms with Gasteiger partial charge in [0.05, 0.1) is 6.33 Å². The molecule has 1 saturated heterocycles. The third kappa shape index (κ3) is 4.16. The van der Waals surface area contributed by atoms with Crippen LogP contribution in [-0.4, -0.2) is 55.5 Å². The Kier molecular flexibility index (Phi) is 5.72. The summed E-state index contributed by atoms with van der Waals surface area (Å²) in [5, 5.41) is 17.9. The quantitative estimate of drug-likeness (QED) is 0.467. The molecule has 1 amide bonds. The number of piperidine rings is 1. The van der Waals surface area contributed by atoms with Crippen LogP contribution in [0.3, 0.4) is 0 Å². The lowest BCUT2D eigenvalue weighted by atomic mass is 9.94. The van der Waals surface area contributed by atoms with E-state index < -0.39 is 6.09 Å². The van der Waals surface area contributed by atoms with Crippen LogP contribution >= 0.6 is 27.7 Å². The molecule has 3 aromatic rings. The number of imidazole rings is 1. The van der Waals surface area contributed by atoms with E-state index in [1.807, 2.05) is 16.7 Å². The Labute approximate surface area is 195 Å². The number of fused-ring (bicyclic) bond motifs is 2. The standard InChI is InChI=1S/C20H21BrN6O4S/c21-12-7-13-14(31-10-30-13)8-15(12)32-19-24-16-17(22)23-9-27(18(16)25-19)6-3-11-1-4-26(5-2-11)20(28)29/h7-9,11,22H,1-6,10H2,(H,24,25)(H,28,29). The van der Waals surface area contributed by atoms with Gasteiger partial charge in [-0.2, -0.15) is 0 Å². The Morgan fingerprint density at radius 3 is 2.81 bits per heavy atom. The van der Waals surface area contributed by atoms with Gasteiger partial charge < -0.3 is 29.0 Å². The number of nitrogens with zero attached hydrogens (tertiary/aromatic N) is 4. The number of carboxylic acid groups (broad SMARTS) is 1. The molecule has 0 saturated carbocycles. The van der Waals surface area contributed by atoms with Crippen molar-refractivity contribution >= 4 is 44.9 Å². The number of likely N-dealkylation sites (tertiary alicyclic amines) is 1. The number of aryl methyl sites for hydroxylation is 1. The first-order chi connectivity index (χ1) is 15.5. The Bertz CT molecular complexity index is 1240. The van der Waals surface area contributed by atoms with E-state index in [0.29, 0.717) is 53.4 Å². The lowest BCUT2D eigenvalue weighted by Gasteiger charge is -2.30. The van der Waals surface area contributed by atoms with Crippen molar-refractivity contribution in [3.63, 3.8) is 0 Å². The van der Waals surface area contributed by atoms with E-state index in [0.717, 1.165) is 28.6 Å². The van der Waals surface area contributed by atoms with Crippen LogP contribution in [0.4, 0.5) is 4.79 Å². The largest absolute Gasteiger partial charge is 0.465 e. The Morgan fingerprint density at radius 1 is 1.31 bits per heavy atom. The predicted octanol–water partition coefficient (Wildman–Crippen LogP) is 3.66. The molecule has 4 heterocycles. The maximum Gasteiger partial charge on any atom is 0.407 e. The van der Waals surface area contributed by atoms with Gasteiger partial charge in [-0.15, -0.1) is 0 Å². The zero-order valence-electron chi connectivity index (χ0n) is 17.0. The summed E-state index contributed by atoms with van der Waals surface area (Å²) in [5.41, 5.74) is 1.43. The van der Waals surface area contributed by atoms with Crippen molar-refractivity contribution < 1.29 is 19.4 Å². The third-order valence-electron chi connectivity index (χ3n) is 5.80. The second-order valence-corrected chi connectivity index (χ2v) is 9.65. The van der Waals surface area contributed by atoms with Crippen molar-refractivity contribution in [3.05, 3.63) is 28.4 Å². The number of carbonyl (C=O) groups is 1. The van der Waals surface area contributed by atoms with Crippen LogP contribution in [0, 0.1) is 11.3 Å². The van der Waals surface area contributed by atoms with Crippen LogP contribution in [-0.2, 0) is 6.54 Å². The van der Waals surface area contributed by atoms with E-state index in [-0.39, 0.29) is 12.3 Å². The maximum absolute atomic E-state index is 11.1. The lowest BCUT2D eigenvalue weighted by Crippen LogP contribution is -2.37. The number of benzene rings is 1. The zero-order valence-corrected chi connectivity index (χ0v) is 19.4. The number of aromatic nitrogens is 4. The molecule has 2 aromatic heterocycles. The van der Waals surface area contributed by atoms with Crippen molar-refractivity contribution in [3.8, 4) is 11.5 Å². The number of rotatable bonds is 5. The van der Waals surface area contributed by atoms with Crippen LogP contribution in [0.2, 0.25) is 0 Å². The van der Waals surface area contributed by atoms with Crippen molar-refractivity contribution in [1.82, 2.24) is 24.4 Å². The highest BCUT2D eigenvalue weighted by Gasteiger charge is 2.23. The zero-order chi connectivity index (χ0) is 22.2. The molecule has 5 rings (SSSR count). The van der Waals surface area contributed by atoms with Crippen molar-refractivity contribution in [2.24, 2.45) is 5.92 Å². The minimum Gasteiger partial charge on any atom is -0.465 e. The molecular weight excluding hydrogens is 500 g/mol. The van der Waals surface area contributed by atoms with Gasteiger partial charge in [-0.05, 0) is 53.2 Å². The second-order valence-electron chi connectivity index (χ2n) is 7.77. The maximum atomic E-state index is 11.1. The number of amides is 1. The Morgan fingerprint density at radius 2 is 2.06 bits per heavy atom. The van der Waals surface area contributed by atoms with Crippen molar-refractivity contribution in [1.29, 1.82) is 5.41 Å². The summed E-state index contributed by atoms with van der Waals surface area (Å²) in [6.45, 7) is 2.09. The van der Waals surface area contributed by atoms with Crippen molar-refractivity contribution in [2.75, 3.05) is 19.9 Å². The highest BCUT2D eigenvalue weighted by molar-refractivity contribution is 9.10. The number of nitrogens with one attached hydrogen (secondary N) is 2. The number of hydrogen-bond donors (Lipinski definition) is 3. The van der Waals surface area contributed by atoms with Crippen LogP contribution < -0.4 is 15.0 Å². The number of halogens is 1. The van der Waals surface area contributed by atoms with E-state index in [1.165, 1.54) is 16.7 Å². The molecule has 0 unspecified atom stereocenters.